The van der Waals surface area contributed by atoms with Gasteiger partial charge in [-0.2, -0.15) is 0 Å². The summed E-state index contributed by atoms with van der Waals surface area (Å²) in [5.41, 5.74) is 0.528. The second-order valence-corrected chi connectivity index (χ2v) is 7.12. The standard InChI is InChI=1S/C20H21FN4O3/c1-3-24-10-14(20(27)28)18(26)13-6-12-7-15(21)17(8-16(12)23-19(13)24)25-5-4-22-11(2)9-25/h6-8,10-11,22H,3-5,9H2,1-2H3,(H,27,28). The first-order valence-electron chi connectivity index (χ1n) is 9.28. The van der Waals surface area contributed by atoms with Gasteiger partial charge in [0.1, 0.15) is 17.0 Å². The number of aromatic carboxylic acids is 1. The second kappa shape index (κ2) is 6.87. The van der Waals surface area contributed by atoms with E-state index < -0.39 is 11.4 Å². The predicted molar refractivity (Wildman–Crippen MR) is 106 cm³/mol. The topological polar surface area (TPSA) is 87.5 Å². The maximum Gasteiger partial charge on any atom is 0.341 e. The molecule has 7 nitrogen and oxygen atoms in total. The third-order valence-corrected chi connectivity index (χ3v) is 5.19. The van der Waals surface area contributed by atoms with Gasteiger partial charge in [0.15, 0.2) is 0 Å². The van der Waals surface area contributed by atoms with Gasteiger partial charge in [0, 0.05) is 43.8 Å². The lowest BCUT2D eigenvalue weighted by molar-refractivity contribution is 0.0695. The van der Waals surface area contributed by atoms with Crippen LogP contribution in [0.2, 0.25) is 0 Å². The van der Waals surface area contributed by atoms with E-state index in [1.54, 1.807) is 10.6 Å². The van der Waals surface area contributed by atoms with Gasteiger partial charge in [0.05, 0.1) is 16.6 Å². The van der Waals surface area contributed by atoms with Gasteiger partial charge in [-0.25, -0.2) is 14.2 Å². The number of hydrogen-bond acceptors (Lipinski definition) is 5. The third kappa shape index (κ3) is 2.99. The summed E-state index contributed by atoms with van der Waals surface area (Å²) < 4.78 is 16.5. The van der Waals surface area contributed by atoms with E-state index in [1.165, 1.54) is 18.3 Å². The number of aryl methyl sites for hydroxylation is 1. The summed E-state index contributed by atoms with van der Waals surface area (Å²) in [4.78, 5) is 30.5. The van der Waals surface area contributed by atoms with E-state index >= 15 is 0 Å². The van der Waals surface area contributed by atoms with Gasteiger partial charge >= 0.3 is 5.97 Å². The highest BCUT2D eigenvalue weighted by molar-refractivity contribution is 5.96. The molecule has 0 radical (unpaired) electrons. The number of nitrogens with one attached hydrogen (secondary N) is 1. The van der Waals surface area contributed by atoms with Gasteiger partial charge < -0.3 is 19.9 Å². The SMILES string of the molecule is CCn1cc(C(=O)O)c(=O)c2cc3cc(F)c(N4CCNC(C)C4)cc3nc21. The van der Waals surface area contributed by atoms with E-state index in [0.717, 1.165) is 6.54 Å². The van der Waals surface area contributed by atoms with Crippen LogP contribution in [0.1, 0.15) is 24.2 Å². The van der Waals surface area contributed by atoms with Crippen molar-refractivity contribution in [1.82, 2.24) is 14.9 Å². The number of carbonyl (C=O) groups is 1. The van der Waals surface area contributed by atoms with Crippen LogP contribution >= 0.6 is 0 Å². The van der Waals surface area contributed by atoms with Crippen molar-refractivity contribution in [3.63, 3.8) is 0 Å². The van der Waals surface area contributed by atoms with E-state index in [2.05, 4.69) is 17.2 Å². The molecule has 1 aliphatic heterocycles. The quantitative estimate of drug-likeness (QED) is 0.674. The van der Waals surface area contributed by atoms with Crippen LogP contribution in [0.3, 0.4) is 0 Å². The Morgan fingerprint density at radius 2 is 2.18 bits per heavy atom. The van der Waals surface area contributed by atoms with Crippen molar-refractivity contribution in [1.29, 1.82) is 0 Å². The molecule has 1 aromatic carbocycles. The van der Waals surface area contributed by atoms with E-state index in [-0.39, 0.29) is 22.8 Å². The Kier molecular flexibility index (Phi) is 4.50. The zero-order valence-electron chi connectivity index (χ0n) is 15.7. The van der Waals surface area contributed by atoms with Gasteiger partial charge in [0.25, 0.3) is 0 Å². The molecule has 3 heterocycles. The molecule has 3 aromatic rings. The molecule has 0 spiro atoms. The number of carboxylic acid groups (broad SMARTS) is 1. The van der Waals surface area contributed by atoms with E-state index in [1.807, 2.05) is 11.8 Å². The van der Waals surface area contributed by atoms with Gasteiger partial charge in [-0.1, -0.05) is 0 Å². The number of fused-ring (bicyclic) bond motifs is 2. The minimum Gasteiger partial charge on any atom is -0.477 e. The lowest BCUT2D eigenvalue weighted by atomic mass is 10.1. The Balaban J connectivity index is 1.95. The van der Waals surface area contributed by atoms with Crippen LogP contribution in [-0.2, 0) is 6.54 Å². The Labute approximate surface area is 160 Å². The van der Waals surface area contributed by atoms with Crippen molar-refractivity contribution < 1.29 is 14.3 Å². The van der Waals surface area contributed by atoms with Crippen molar-refractivity contribution in [2.75, 3.05) is 24.5 Å². The fourth-order valence-electron chi connectivity index (χ4n) is 3.77. The third-order valence-electron chi connectivity index (χ3n) is 5.19. The number of nitrogens with zero attached hydrogens (tertiary/aromatic N) is 3. The van der Waals surface area contributed by atoms with Crippen LogP contribution in [0.4, 0.5) is 10.1 Å². The van der Waals surface area contributed by atoms with Crippen LogP contribution in [0.25, 0.3) is 21.9 Å². The molecule has 2 N–H and O–H groups in total. The molecule has 1 atom stereocenters. The predicted octanol–water partition coefficient (Wildman–Crippen LogP) is 2.21. The lowest BCUT2D eigenvalue weighted by Gasteiger charge is -2.33. The number of aromatic nitrogens is 2. The summed E-state index contributed by atoms with van der Waals surface area (Å²) in [6.45, 7) is 6.52. The lowest BCUT2D eigenvalue weighted by Crippen LogP contribution is -2.49. The van der Waals surface area contributed by atoms with Gasteiger partial charge in [0.2, 0.25) is 5.43 Å². The first kappa shape index (κ1) is 18.4. The van der Waals surface area contributed by atoms with Crippen LogP contribution in [0.15, 0.2) is 29.2 Å². The average Bonchev–Trinajstić information content (AvgIpc) is 2.66. The Bertz CT molecular complexity index is 1160. The number of carboxylic acids is 1. The number of anilines is 1. The molecule has 28 heavy (non-hydrogen) atoms. The molecule has 1 aliphatic rings. The molecular formula is C20H21FN4O3. The highest BCUT2D eigenvalue weighted by atomic mass is 19.1. The molecule has 0 amide bonds. The largest absolute Gasteiger partial charge is 0.477 e. The normalized spacial score (nSPS) is 17.4. The van der Waals surface area contributed by atoms with E-state index in [9.17, 15) is 19.1 Å². The monoisotopic (exact) mass is 384 g/mol. The summed E-state index contributed by atoms with van der Waals surface area (Å²) in [5.74, 6) is -1.67. The molecule has 1 fully saturated rings. The van der Waals surface area contributed by atoms with Crippen LogP contribution in [-0.4, -0.2) is 46.3 Å². The second-order valence-electron chi connectivity index (χ2n) is 7.12. The fourth-order valence-corrected chi connectivity index (χ4v) is 3.77. The van der Waals surface area contributed by atoms with Crippen molar-refractivity contribution in [3.8, 4) is 0 Å². The first-order chi connectivity index (χ1) is 13.4. The summed E-state index contributed by atoms with van der Waals surface area (Å²) in [6, 6.07) is 4.87. The number of benzene rings is 1. The van der Waals surface area contributed by atoms with Crippen molar-refractivity contribution in [2.45, 2.75) is 26.4 Å². The Hall–Kier alpha value is -3.00. The smallest absolute Gasteiger partial charge is 0.341 e. The Morgan fingerprint density at radius 1 is 1.39 bits per heavy atom. The maximum atomic E-state index is 14.8. The molecule has 8 heteroatoms. The molecular weight excluding hydrogens is 363 g/mol. The van der Waals surface area contributed by atoms with Crippen LogP contribution < -0.4 is 15.6 Å². The molecule has 4 rings (SSSR count). The summed E-state index contributed by atoms with van der Waals surface area (Å²) in [6.07, 6.45) is 1.31. The highest BCUT2D eigenvalue weighted by Gasteiger charge is 2.21. The van der Waals surface area contributed by atoms with Gasteiger partial charge in [-0.3, -0.25) is 4.79 Å². The first-order valence-corrected chi connectivity index (χ1v) is 9.28. The minimum absolute atomic E-state index is 0.178. The van der Waals surface area contributed by atoms with Crippen molar-refractivity contribution in [3.05, 3.63) is 46.0 Å². The summed E-state index contributed by atoms with van der Waals surface area (Å²) in [7, 11) is 0. The number of piperazine rings is 1. The molecule has 1 unspecified atom stereocenters. The van der Waals surface area contributed by atoms with Crippen LogP contribution in [0, 0.1) is 5.82 Å². The Morgan fingerprint density at radius 3 is 2.86 bits per heavy atom. The number of halogens is 1. The average molecular weight is 384 g/mol. The van der Waals surface area contributed by atoms with Crippen molar-refractivity contribution in [2.24, 2.45) is 0 Å². The van der Waals surface area contributed by atoms with E-state index in [4.69, 9.17) is 0 Å². The summed E-state index contributed by atoms with van der Waals surface area (Å²) >= 11 is 0. The summed E-state index contributed by atoms with van der Waals surface area (Å²) in [5, 5.41) is 13.3. The van der Waals surface area contributed by atoms with Gasteiger partial charge in [-0.05, 0) is 32.0 Å². The van der Waals surface area contributed by atoms with Gasteiger partial charge in [-0.15, -0.1) is 0 Å². The number of rotatable bonds is 3. The van der Waals surface area contributed by atoms with Crippen LogP contribution in [0.5, 0.6) is 0 Å². The van der Waals surface area contributed by atoms with Crippen molar-refractivity contribution >= 4 is 33.6 Å². The highest BCUT2D eigenvalue weighted by Crippen LogP contribution is 2.28. The zero-order chi connectivity index (χ0) is 20.0. The maximum absolute atomic E-state index is 14.8. The van der Waals surface area contributed by atoms with E-state index in [0.29, 0.717) is 41.9 Å². The fraction of sp³-hybridized carbons (Fsp3) is 0.350. The molecule has 0 aliphatic carbocycles. The molecule has 1 saturated heterocycles. The number of pyridine rings is 2. The molecule has 0 saturated carbocycles. The number of hydrogen-bond donors (Lipinski definition) is 2. The molecule has 0 bridgehead atoms. The minimum atomic E-state index is -1.29. The zero-order valence-corrected chi connectivity index (χ0v) is 15.7. The molecule has 146 valence electrons. The molecule has 2 aromatic heterocycles.